The van der Waals surface area contributed by atoms with Crippen LogP contribution in [-0.2, 0) is 6.42 Å². The van der Waals surface area contributed by atoms with Crippen LogP contribution in [0, 0.1) is 13.8 Å². The van der Waals surface area contributed by atoms with Crippen LogP contribution in [0.5, 0.6) is 11.5 Å². The van der Waals surface area contributed by atoms with Crippen LogP contribution in [0.3, 0.4) is 0 Å². The lowest BCUT2D eigenvalue weighted by Gasteiger charge is -2.13. The van der Waals surface area contributed by atoms with E-state index in [1.807, 2.05) is 64.1 Å². The molecule has 4 nitrogen and oxygen atoms in total. The molecule has 2 aromatic rings. The molecule has 0 radical (unpaired) electrons. The first-order valence-electron chi connectivity index (χ1n) is 8.79. The van der Waals surface area contributed by atoms with Gasteiger partial charge in [0.05, 0.1) is 13.2 Å². The van der Waals surface area contributed by atoms with Crippen molar-refractivity contribution in [3.63, 3.8) is 0 Å². The molecule has 0 aliphatic heterocycles. The molecule has 2 aromatic carbocycles. The molecule has 0 aromatic heterocycles. The Morgan fingerprint density at radius 1 is 0.960 bits per heavy atom. The Bertz CT molecular complexity index is 725. The zero-order chi connectivity index (χ0) is 18.2. The summed E-state index contributed by atoms with van der Waals surface area (Å²) in [6.45, 7) is 9.61. The van der Waals surface area contributed by atoms with E-state index in [9.17, 15) is 4.79 Å². The number of hydrogen-bond acceptors (Lipinski definition) is 3. The number of ether oxygens (including phenoxy) is 2. The Kier molecular flexibility index (Phi) is 6.87. The highest BCUT2D eigenvalue weighted by Crippen LogP contribution is 2.28. The molecule has 2 rings (SSSR count). The summed E-state index contributed by atoms with van der Waals surface area (Å²) in [7, 11) is 0. The summed E-state index contributed by atoms with van der Waals surface area (Å²) in [6, 6.07) is 11.8. The smallest absolute Gasteiger partial charge is 0.251 e. The highest BCUT2D eigenvalue weighted by Gasteiger charge is 2.10. The zero-order valence-corrected chi connectivity index (χ0v) is 15.5. The third kappa shape index (κ3) is 5.24. The molecule has 0 saturated carbocycles. The highest BCUT2D eigenvalue weighted by atomic mass is 16.5. The summed E-state index contributed by atoms with van der Waals surface area (Å²) in [5.41, 5.74) is 3.92. The Morgan fingerprint density at radius 3 is 2.40 bits per heavy atom. The van der Waals surface area contributed by atoms with Crippen LogP contribution in [0.1, 0.15) is 40.9 Å². The summed E-state index contributed by atoms with van der Waals surface area (Å²) in [6.07, 6.45) is 0.739. The molecule has 25 heavy (non-hydrogen) atoms. The molecule has 0 saturated heterocycles. The van der Waals surface area contributed by atoms with Crippen LogP contribution in [0.25, 0.3) is 0 Å². The Hall–Kier alpha value is -2.49. The molecule has 1 N–H and O–H groups in total. The molecule has 0 aliphatic rings. The third-order valence-corrected chi connectivity index (χ3v) is 3.94. The van der Waals surface area contributed by atoms with Crippen molar-refractivity contribution in [1.82, 2.24) is 5.32 Å². The second-order valence-electron chi connectivity index (χ2n) is 5.97. The standard InChI is InChI=1S/C21H27NO3/c1-5-24-19-10-9-17(14-20(19)25-6-2)11-12-22-21(23)18-13-15(3)7-8-16(18)4/h7-10,13-14H,5-6,11-12H2,1-4H3,(H,22,23). The van der Waals surface area contributed by atoms with Crippen LogP contribution < -0.4 is 14.8 Å². The molecule has 1 amide bonds. The van der Waals surface area contributed by atoms with E-state index in [4.69, 9.17) is 9.47 Å². The van der Waals surface area contributed by atoms with Gasteiger partial charge in [-0.3, -0.25) is 4.79 Å². The number of rotatable bonds is 8. The van der Waals surface area contributed by atoms with E-state index in [-0.39, 0.29) is 5.91 Å². The molecule has 0 fully saturated rings. The van der Waals surface area contributed by atoms with Gasteiger partial charge in [0, 0.05) is 12.1 Å². The number of nitrogens with one attached hydrogen (secondary N) is 1. The van der Waals surface area contributed by atoms with Crippen molar-refractivity contribution >= 4 is 5.91 Å². The molecular formula is C21H27NO3. The lowest BCUT2D eigenvalue weighted by atomic mass is 10.0. The Morgan fingerprint density at radius 2 is 1.68 bits per heavy atom. The molecule has 0 atom stereocenters. The second-order valence-corrected chi connectivity index (χ2v) is 5.97. The fraction of sp³-hybridized carbons (Fsp3) is 0.381. The third-order valence-electron chi connectivity index (χ3n) is 3.94. The molecule has 0 unspecified atom stereocenters. The van der Waals surface area contributed by atoms with Gasteiger partial charge in [-0.05, 0) is 63.4 Å². The normalized spacial score (nSPS) is 10.4. The summed E-state index contributed by atoms with van der Waals surface area (Å²) in [4.78, 5) is 12.4. The molecule has 0 heterocycles. The van der Waals surface area contributed by atoms with Gasteiger partial charge in [0.15, 0.2) is 11.5 Å². The number of carbonyl (C=O) groups is 1. The van der Waals surface area contributed by atoms with Crippen molar-refractivity contribution in [3.05, 3.63) is 58.7 Å². The van der Waals surface area contributed by atoms with Gasteiger partial charge in [0.25, 0.3) is 5.91 Å². The quantitative estimate of drug-likeness (QED) is 0.787. The zero-order valence-electron chi connectivity index (χ0n) is 15.5. The Labute approximate surface area is 150 Å². The van der Waals surface area contributed by atoms with Crippen LogP contribution >= 0.6 is 0 Å². The van der Waals surface area contributed by atoms with Gasteiger partial charge < -0.3 is 14.8 Å². The minimum absolute atomic E-state index is 0.0304. The lowest BCUT2D eigenvalue weighted by molar-refractivity contribution is 0.0953. The fourth-order valence-corrected chi connectivity index (χ4v) is 2.65. The van der Waals surface area contributed by atoms with Gasteiger partial charge in [-0.1, -0.05) is 23.8 Å². The molecule has 4 heteroatoms. The van der Waals surface area contributed by atoms with Crippen molar-refractivity contribution in [3.8, 4) is 11.5 Å². The minimum Gasteiger partial charge on any atom is -0.490 e. The summed E-state index contributed by atoms with van der Waals surface area (Å²) < 4.78 is 11.2. The van der Waals surface area contributed by atoms with Crippen molar-refractivity contribution in [2.75, 3.05) is 19.8 Å². The Balaban J connectivity index is 1.98. The number of carbonyl (C=O) groups excluding carboxylic acids is 1. The molecule has 0 spiro atoms. The predicted molar refractivity (Wildman–Crippen MR) is 101 cm³/mol. The van der Waals surface area contributed by atoms with Crippen LogP contribution in [-0.4, -0.2) is 25.7 Å². The lowest BCUT2D eigenvalue weighted by Crippen LogP contribution is -2.26. The summed E-state index contributed by atoms with van der Waals surface area (Å²) in [5, 5.41) is 3.00. The topological polar surface area (TPSA) is 47.6 Å². The van der Waals surface area contributed by atoms with Gasteiger partial charge in [-0.2, -0.15) is 0 Å². The maximum Gasteiger partial charge on any atom is 0.251 e. The molecular weight excluding hydrogens is 314 g/mol. The highest BCUT2D eigenvalue weighted by molar-refractivity contribution is 5.95. The minimum atomic E-state index is -0.0304. The first kappa shape index (κ1) is 18.8. The van der Waals surface area contributed by atoms with E-state index in [1.54, 1.807) is 0 Å². The average Bonchev–Trinajstić information content (AvgIpc) is 2.59. The predicted octanol–water partition coefficient (Wildman–Crippen LogP) is 4.07. The van der Waals surface area contributed by atoms with Crippen molar-refractivity contribution in [2.45, 2.75) is 34.1 Å². The molecule has 0 bridgehead atoms. The largest absolute Gasteiger partial charge is 0.490 e. The van der Waals surface area contributed by atoms with Crippen molar-refractivity contribution in [1.29, 1.82) is 0 Å². The van der Waals surface area contributed by atoms with E-state index in [1.165, 1.54) is 0 Å². The summed E-state index contributed by atoms with van der Waals surface area (Å²) in [5.74, 6) is 1.48. The van der Waals surface area contributed by atoms with E-state index in [2.05, 4.69) is 5.32 Å². The van der Waals surface area contributed by atoms with E-state index in [0.717, 1.165) is 40.2 Å². The second kappa shape index (κ2) is 9.11. The van der Waals surface area contributed by atoms with Crippen LogP contribution in [0.15, 0.2) is 36.4 Å². The number of aryl methyl sites for hydroxylation is 2. The van der Waals surface area contributed by atoms with Crippen LogP contribution in [0.2, 0.25) is 0 Å². The van der Waals surface area contributed by atoms with Gasteiger partial charge >= 0.3 is 0 Å². The van der Waals surface area contributed by atoms with E-state index in [0.29, 0.717) is 19.8 Å². The fourth-order valence-electron chi connectivity index (χ4n) is 2.65. The van der Waals surface area contributed by atoms with Gasteiger partial charge in [0.2, 0.25) is 0 Å². The maximum absolute atomic E-state index is 12.4. The summed E-state index contributed by atoms with van der Waals surface area (Å²) >= 11 is 0. The number of hydrogen-bond donors (Lipinski definition) is 1. The SMILES string of the molecule is CCOc1ccc(CCNC(=O)c2cc(C)ccc2C)cc1OCC. The van der Waals surface area contributed by atoms with Crippen molar-refractivity contribution in [2.24, 2.45) is 0 Å². The van der Waals surface area contributed by atoms with E-state index < -0.39 is 0 Å². The van der Waals surface area contributed by atoms with Gasteiger partial charge in [0.1, 0.15) is 0 Å². The van der Waals surface area contributed by atoms with Gasteiger partial charge in [-0.25, -0.2) is 0 Å². The number of amides is 1. The maximum atomic E-state index is 12.4. The first-order valence-corrected chi connectivity index (χ1v) is 8.79. The van der Waals surface area contributed by atoms with Crippen LogP contribution in [0.4, 0.5) is 0 Å². The van der Waals surface area contributed by atoms with Crippen molar-refractivity contribution < 1.29 is 14.3 Å². The monoisotopic (exact) mass is 341 g/mol. The van der Waals surface area contributed by atoms with Gasteiger partial charge in [-0.15, -0.1) is 0 Å². The average molecular weight is 341 g/mol. The first-order chi connectivity index (χ1) is 12.0. The molecule has 134 valence electrons. The molecule has 0 aliphatic carbocycles. The van der Waals surface area contributed by atoms with E-state index >= 15 is 0 Å². The number of benzene rings is 2.